The van der Waals surface area contributed by atoms with Crippen LogP contribution in [0.15, 0.2) is 30.3 Å². The van der Waals surface area contributed by atoms with E-state index in [1.54, 1.807) is 6.07 Å². The molecule has 0 spiro atoms. The summed E-state index contributed by atoms with van der Waals surface area (Å²) in [5, 5.41) is 10.2. The fourth-order valence-corrected chi connectivity index (χ4v) is 2.44. The molecule has 0 saturated carbocycles. The first-order valence-electron chi connectivity index (χ1n) is 7.14. The average molecular weight is 282 g/mol. The van der Waals surface area contributed by atoms with Gasteiger partial charge in [0.05, 0.1) is 0 Å². The molecule has 0 amide bonds. The SMILES string of the molecule is Cc1ccc(O)c(-c2cc(C(C)(C)C)cc(C=O)c2C)c1. The van der Waals surface area contributed by atoms with Gasteiger partial charge < -0.3 is 5.11 Å². The van der Waals surface area contributed by atoms with Crippen LogP contribution in [0.1, 0.15) is 47.8 Å². The Balaban J connectivity index is 2.78. The van der Waals surface area contributed by atoms with Crippen molar-refractivity contribution in [2.75, 3.05) is 0 Å². The number of benzene rings is 2. The number of phenolic OH excluding ortho intramolecular Hbond substituents is 1. The van der Waals surface area contributed by atoms with Crippen LogP contribution in [0.4, 0.5) is 0 Å². The summed E-state index contributed by atoms with van der Waals surface area (Å²) in [6.45, 7) is 10.3. The van der Waals surface area contributed by atoms with Crippen molar-refractivity contribution in [2.24, 2.45) is 0 Å². The lowest BCUT2D eigenvalue weighted by Gasteiger charge is -2.22. The van der Waals surface area contributed by atoms with E-state index in [9.17, 15) is 9.90 Å². The molecule has 0 aliphatic heterocycles. The fourth-order valence-electron chi connectivity index (χ4n) is 2.44. The van der Waals surface area contributed by atoms with Gasteiger partial charge in [0.15, 0.2) is 0 Å². The Kier molecular flexibility index (Phi) is 3.91. The van der Waals surface area contributed by atoms with Crippen molar-refractivity contribution in [3.8, 4) is 16.9 Å². The van der Waals surface area contributed by atoms with E-state index in [1.165, 1.54) is 0 Å². The molecule has 0 saturated heterocycles. The van der Waals surface area contributed by atoms with Crippen LogP contribution in [0.3, 0.4) is 0 Å². The van der Waals surface area contributed by atoms with Gasteiger partial charge in [-0.2, -0.15) is 0 Å². The molecule has 0 aliphatic carbocycles. The van der Waals surface area contributed by atoms with Crippen LogP contribution in [0, 0.1) is 13.8 Å². The maximum atomic E-state index is 11.4. The smallest absolute Gasteiger partial charge is 0.150 e. The standard InChI is InChI=1S/C19H22O2/c1-12-6-7-18(21)17(8-12)16-10-15(19(3,4)5)9-14(11-20)13(16)2/h6-11,21H,1-5H3. The van der Waals surface area contributed by atoms with Gasteiger partial charge in [-0.1, -0.05) is 38.5 Å². The Morgan fingerprint density at radius 2 is 1.67 bits per heavy atom. The number of aldehydes is 1. The molecule has 0 bridgehead atoms. The number of hydrogen-bond donors (Lipinski definition) is 1. The molecule has 0 aliphatic rings. The highest BCUT2D eigenvalue weighted by Crippen LogP contribution is 2.36. The van der Waals surface area contributed by atoms with Gasteiger partial charge in [0.2, 0.25) is 0 Å². The topological polar surface area (TPSA) is 37.3 Å². The molecule has 0 heterocycles. The molecule has 2 rings (SSSR count). The molecule has 0 radical (unpaired) electrons. The molecule has 21 heavy (non-hydrogen) atoms. The van der Waals surface area contributed by atoms with E-state index >= 15 is 0 Å². The zero-order valence-electron chi connectivity index (χ0n) is 13.3. The van der Waals surface area contributed by atoms with Gasteiger partial charge in [-0.25, -0.2) is 0 Å². The lowest BCUT2D eigenvalue weighted by Crippen LogP contribution is -2.12. The second-order valence-corrected chi connectivity index (χ2v) is 6.63. The van der Waals surface area contributed by atoms with Crippen molar-refractivity contribution in [2.45, 2.75) is 40.0 Å². The van der Waals surface area contributed by atoms with E-state index in [4.69, 9.17) is 0 Å². The number of phenols is 1. The molecule has 2 aromatic rings. The Labute approximate surface area is 126 Å². The van der Waals surface area contributed by atoms with E-state index in [0.717, 1.165) is 34.1 Å². The van der Waals surface area contributed by atoms with Crippen molar-refractivity contribution in [3.05, 3.63) is 52.6 Å². The number of hydrogen-bond acceptors (Lipinski definition) is 2. The van der Waals surface area contributed by atoms with Gasteiger partial charge in [0.1, 0.15) is 12.0 Å². The molecular formula is C19H22O2. The predicted molar refractivity (Wildman–Crippen MR) is 87.1 cm³/mol. The first-order valence-corrected chi connectivity index (χ1v) is 7.14. The van der Waals surface area contributed by atoms with Gasteiger partial charge in [0.25, 0.3) is 0 Å². The van der Waals surface area contributed by atoms with Crippen LogP contribution in [0.5, 0.6) is 5.75 Å². The molecule has 0 unspecified atom stereocenters. The molecule has 0 atom stereocenters. The highest BCUT2D eigenvalue weighted by molar-refractivity contribution is 5.85. The van der Waals surface area contributed by atoms with Crippen molar-refractivity contribution < 1.29 is 9.90 Å². The highest BCUT2D eigenvalue weighted by Gasteiger charge is 2.19. The van der Waals surface area contributed by atoms with Gasteiger partial charge in [-0.05, 0) is 54.2 Å². The van der Waals surface area contributed by atoms with Gasteiger partial charge in [0, 0.05) is 11.1 Å². The van der Waals surface area contributed by atoms with Crippen molar-refractivity contribution in [1.82, 2.24) is 0 Å². The quantitative estimate of drug-likeness (QED) is 0.804. The lowest BCUT2D eigenvalue weighted by molar-refractivity contribution is 0.112. The minimum Gasteiger partial charge on any atom is -0.507 e. The molecule has 0 aromatic heterocycles. The van der Waals surface area contributed by atoms with Gasteiger partial charge >= 0.3 is 0 Å². The largest absolute Gasteiger partial charge is 0.507 e. The lowest BCUT2D eigenvalue weighted by atomic mass is 9.82. The van der Waals surface area contributed by atoms with Crippen molar-refractivity contribution in [3.63, 3.8) is 0 Å². The molecule has 1 N–H and O–H groups in total. The maximum Gasteiger partial charge on any atom is 0.150 e. The molecule has 2 nitrogen and oxygen atoms in total. The van der Waals surface area contributed by atoms with Crippen LogP contribution in [-0.4, -0.2) is 11.4 Å². The predicted octanol–water partition coefficient (Wildman–Crippen LogP) is 4.79. The second-order valence-electron chi connectivity index (χ2n) is 6.63. The number of carbonyl (C=O) groups is 1. The molecular weight excluding hydrogens is 260 g/mol. The first-order chi connectivity index (χ1) is 9.74. The number of aromatic hydroxyl groups is 1. The summed E-state index contributed by atoms with van der Waals surface area (Å²) in [6, 6.07) is 9.56. The van der Waals surface area contributed by atoms with Crippen LogP contribution in [0.2, 0.25) is 0 Å². The van der Waals surface area contributed by atoms with Crippen molar-refractivity contribution >= 4 is 6.29 Å². The number of aryl methyl sites for hydroxylation is 1. The summed E-state index contributed by atoms with van der Waals surface area (Å²) in [4.78, 5) is 11.4. The summed E-state index contributed by atoms with van der Waals surface area (Å²) < 4.78 is 0. The van der Waals surface area contributed by atoms with E-state index in [2.05, 4.69) is 26.8 Å². The number of rotatable bonds is 2. The normalized spacial score (nSPS) is 11.5. The zero-order chi connectivity index (χ0) is 15.8. The Hall–Kier alpha value is -2.09. The molecule has 2 aromatic carbocycles. The van der Waals surface area contributed by atoms with Crippen LogP contribution in [-0.2, 0) is 5.41 Å². The minimum atomic E-state index is -0.0559. The van der Waals surface area contributed by atoms with Gasteiger partial charge in [-0.15, -0.1) is 0 Å². The minimum absolute atomic E-state index is 0.0559. The van der Waals surface area contributed by atoms with E-state index in [0.29, 0.717) is 5.56 Å². The maximum absolute atomic E-state index is 11.4. The Morgan fingerprint density at radius 1 is 1.00 bits per heavy atom. The van der Waals surface area contributed by atoms with E-state index in [1.807, 2.05) is 32.0 Å². The summed E-state index contributed by atoms with van der Waals surface area (Å²) >= 11 is 0. The summed E-state index contributed by atoms with van der Waals surface area (Å²) in [5.74, 6) is 0.242. The first kappa shape index (κ1) is 15.3. The van der Waals surface area contributed by atoms with Crippen LogP contribution < -0.4 is 0 Å². The zero-order valence-corrected chi connectivity index (χ0v) is 13.3. The summed E-state index contributed by atoms with van der Waals surface area (Å²) in [5.41, 5.74) is 5.39. The van der Waals surface area contributed by atoms with Crippen LogP contribution >= 0.6 is 0 Å². The van der Waals surface area contributed by atoms with Crippen molar-refractivity contribution in [1.29, 1.82) is 0 Å². The Bertz CT molecular complexity index is 691. The monoisotopic (exact) mass is 282 g/mol. The molecule has 110 valence electrons. The van der Waals surface area contributed by atoms with E-state index < -0.39 is 0 Å². The second kappa shape index (κ2) is 5.36. The molecule has 0 fully saturated rings. The Morgan fingerprint density at radius 3 is 2.24 bits per heavy atom. The third-order valence-electron chi connectivity index (χ3n) is 3.88. The van der Waals surface area contributed by atoms with Gasteiger partial charge in [-0.3, -0.25) is 4.79 Å². The third kappa shape index (κ3) is 2.99. The highest BCUT2D eigenvalue weighted by atomic mass is 16.3. The molecule has 2 heteroatoms. The summed E-state index contributed by atoms with van der Waals surface area (Å²) in [6.07, 6.45) is 0.890. The fraction of sp³-hybridized carbons (Fsp3) is 0.316. The third-order valence-corrected chi connectivity index (χ3v) is 3.88. The van der Waals surface area contributed by atoms with Crippen LogP contribution in [0.25, 0.3) is 11.1 Å². The van der Waals surface area contributed by atoms with E-state index in [-0.39, 0.29) is 11.2 Å². The average Bonchev–Trinajstić information content (AvgIpc) is 2.40. The summed E-state index contributed by atoms with van der Waals surface area (Å²) in [7, 11) is 0. The number of carbonyl (C=O) groups excluding carboxylic acids is 1.